The van der Waals surface area contributed by atoms with Gasteiger partial charge in [0.05, 0.1) is 5.69 Å². The highest BCUT2D eigenvalue weighted by Gasteiger charge is 2.13. The van der Waals surface area contributed by atoms with E-state index in [1.807, 2.05) is 0 Å². The predicted octanol–water partition coefficient (Wildman–Crippen LogP) is 3.16. The van der Waals surface area contributed by atoms with Gasteiger partial charge in [-0.05, 0) is 48.9 Å². The van der Waals surface area contributed by atoms with Gasteiger partial charge in [-0.1, -0.05) is 12.2 Å². The number of anilines is 1. The second-order valence-corrected chi connectivity index (χ2v) is 4.91. The molecule has 0 saturated carbocycles. The first-order chi connectivity index (χ1) is 9.88. The molecule has 2 rings (SSSR count). The molecule has 0 fully saturated rings. The Labute approximate surface area is 125 Å². The first-order valence-electron chi connectivity index (χ1n) is 6.05. The lowest BCUT2D eigenvalue weighted by atomic mass is 10.1. The van der Waals surface area contributed by atoms with Crippen molar-refractivity contribution >= 4 is 28.8 Å². The minimum atomic E-state index is -0.506. The molecule has 0 radical (unpaired) electrons. The second-order valence-electron chi connectivity index (χ2n) is 4.47. The molecule has 6 heteroatoms. The lowest BCUT2D eigenvalue weighted by molar-refractivity contribution is 0.102. The van der Waals surface area contributed by atoms with Crippen LogP contribution in [-0.2, 0) is 0 Å². The van der Waals surface area contributed by atoms with E-state index < -0.39 is 17.5 Å². The third-order valence-corrected chi connectivity index (χ3v) is 3.15. The van der Waals surface area contributed by atoms with E-state index in [-0.39, 0.29) is 10.6 Å². The van der Waals surface area contributed by atoms with Crippen LogP contribution in [0.3, 0.4) is 0 Å². The van der Waals surface area contributed by atoms with Gasteiger partial charge in [-0.25, -0.2) is 8.78 Å². The van der Waals surface area contributed by atoms with Crippen molar-refractivity contribution < 1.29 is 13.6 Å². The minimum Gasteiger partial charge on any atom is -0.389 e. The van der Waals surface area contributed by atoms with Crippen molar-refractivity contribution in [3.63, 3.8) is 0 Å². The van der Waals surface area contributed by atoms with Crippen LogP contribution in [0.15, 0.2) is 36.4 Å². The molecule has 3 nitrogen and oxygen atoms in total. The first kappa shape index (κ1) is 15.1. The van der Waals surface area contributed by atoms with Gasteiger partial charge in [0.25, 0.3) is 5.91 Å². The number of hydrogen-bond donors (Lipinski definition) is 2. The second kappa shape index (κ2) is 5.97. The zero-order valence-electron chi connectivity index (χ0n) is 11.1. The molecule has 0 unspecified atom stereocenters. The average molecular weight is 306 g/mol. The van der Waals surface area contributed by atoms with Crippen LogP contribution >= 0.6 is 12.2 Å². The molecule has 0 bridgehead atoms. The van der Waals surface area contributed by atoms with E-state index in [2.05, 4.69) is 5.32 Å². The Hall–Kier alpha value is -2.34. The molecule has 1 amide bonds. The molecule has 0 aromatic heterocycles. The van der Waals surface area contributed by atoms with Crippen LogP contribution in [0.1, 0.15) is 21.5 Å². The predicted molar refractivity (Wildman–Crippen MR) is 81.4 cm³/mol. The van der Waals surface area contributed by atoms with Gasteiger partial charge < -0.3 is 11.1 Å². The van der Waals surface area contributed by atoms with Gasteiger partial charge in [0.15, 0.2) is 0 Å². The summed E-state index contributed by atoms with van der Waals surface area (Å²) in [6.45, 7) is 1.62. The number of carbonyl (C=O) groups excluding carboxylic acids is 1. The van der Waals surface area contributed by atoms with Gasteiger partial charge in [-0.3, -0.25) is 4.79 Å². The number of carbonyl (C=O) groups is 1. The van der Waals surface area contributed by atoms with Gasteiger partial charge in [0.1, 0.15) is 16.6 Å². The monoisotopic (exact) mass is 306 g/mol. The molecule has 2 aromatic rings. The normalized spacial score (nSPS) is 10.2. The minimum absolute atomic E-state index is 0.0272. The maximum absolute atomic E-state index is 13.2. The van der Waals surface area contributed by atoms with E-state index in [4.69, 9.17) is 18.0 Å². The number of thiocarbonyl (C=S) groups is 1. The summed E-state index contributed by atoms with van der Waals surface area (Å²) in [5.41, 5.74) is 6.86. The summed E-state index contributed by atoms with van der Waals surface area (Å²) in [5.74, 6) is -1.37. The van der Waals surface area contributed by atoms with Crippen LogP contribution in [0, 0.1) is 18.6 Å². The Balaban J connectivity index is 2.34. The van der Waals surface area contributed by atoms with Crippen LogP contribution in [0.5, 0.6) is 0 Å². The van der Waals surface area contributed by atoms with Crippen molar-refractivity contribution in [2.24, 2.45) is 5.73 Å². The number of halogens is 2. The third-order valence-electron chi connectivity index (χ3n) is 2.93. The van der Waals surface area contributed by atoms with Gasteiger partial charge in [0.2, 0.25) is 0 Å². The molecule has 3 N–H and O–H groups in total. The van der Waals surface area contributed by atoms with Crippen LogP contribution < -0.4 is 11.1 Å². The number of nitrogens with two attached hydrogens (primary N) is 1. The maximum Gasteiger partial charge on any atom is 0.255 e. The number of amides is 1. The summed E-state index contributed by atoms with van der Waals surface area (Å²) in [5, 5.41) is 2.60. The number of aryl methyl sites for hydroxylation is 1. The smallest absolute Gasteiger partial charge is 0.255 e. The topological polar surface area (TPSA) is 55.1 Å². The summed E-state index contributed by atoms with van der Waals surface area (Å²) in [6, 6.07) is 7.55. The quantitative estimate of drug-likeness (QED) is 0.857. The van der Waals surface area contributed by atoms with Gasteiger partial charge in [-0.2, -0.15) is 0 Å². The molecular formula is C15H12F2N2OS. The largest absolute Gasteiger partial charge is 0.389 e. The molecule has 108 valence electrons. The fourth-order valence-electron chi connectivity index (χ4n) is 1.90. The molecule has 0 aliphatic rings. The van der Waals surface area contributed by atoms with Crippen LogP contribution in [0.25, 0.3) is 0 Å². The highest BCUT2D eigenvalue weighted by molar-refractivity contribution is 7.80. The Morgan fingerprint density at radius 1 is 1.10 bits per heavy atom. The van der Waals surface area contributed by atoms with Crippen molar-refractivity contribution in [1.29, 1.82) is 0 Å². The highest BCUT2D eigenvalue weighted by atomic mass is 32.1. The summed E-state index contributed by atoms with van der Waals surface area (Å²) in [6.07, 6.45) is 0. The van der Waals surface area contributed by atoms with Gasteiger partial charge >= 0.3 is 0 Å². The van der Waals surface area contributed by atoms with E-state index in [1.165, 1.54) is 30.3 Å². The molecule has 2 aromatic carbocycles. The van der Waals surface area contributed by atoms with E-state index in [9.17, 15) is 13.6 Å². The molecular weight excluding hydrogens is 294 g/mol. The zero-order valence-corrected chi connectivity index (χ0v) is 11.9. The fraction of sp³-hybridized carbons (Fsp3) is 0.0667. The van der Waals surface area contributed by atoms with Crippen molar-refractivity contribution in [1.82, 2.24) is 0 Å². The maximum atomic E-state index is 13.2. The fourth-order valence-corrected chi connectivity index (χ4v) is 2.07. The van der Waals surface area contributed by atoms with Crippen molar-refractivity contribution in [2.75, 3.05) is 5.32 Å². The molecule has 0 saturated heterocycles. The lowest BCUT2D eigenvalue weighted by Crippen LogP contribution is -2.18. The number of nitrogens with one attached hydrogen (secondary N) is 1. The van der Waals surface area contributed by atoms with E-state index in [0.29, 0.717) is 16.8 Å². The Bertz CT molecular complexity index is 732. The van der Waals surface area contributed by atoms with E-state index >= 15 is 0 Å². The van der Waals surface area contributed by atoms with Gasteiger partial charge in [0, 0.05) is 11.1 Å². The molecule has 0 heterocycles. The van der Waals surface area contributed by atoms with Crippen molar-refractivity contribution in [3.05, 3.63) is 64.7 Å². The van der Waals surface area contributed by atoms with Crippen LogP contribution in [0.2, 0.25) is 0 Å². The molecule has 0 aliphatic heterocycles. The highest BCUT2D eigenvalue weighted by Crippen LogP contribution is 2.19. The SMILES string of the molecule is Cc1cc(F)ccc1C(=O)Nc1ccc(F)cc1C(N)=S. The van der Waals surface area contributed by atoms with Crippen molar-refractivity contribution in [2.45, 2.75) is 6.92 Å². The molecule has 21 heavy (non-hydrogen) atoms. The molecule has 0 atom stereocenters. The van der Waals surface area contributed by atoms with Crippen LogP contribution in [0.4, 0.5) is 14.5 Å². The summed E-state index contributed by atoms with van der Waals surface area (Å²) in [7, 11) is 0. The Kier molecular flexibility index (Phi) is 4.28. The summed E-state index contributed by atoms with van der Waals surface area (Å²) in [4.78, 5) is 12.2. The Morgan fingerprint density at radius 3 is 2.33 bits per heavy atom. The summed E-state index contributed by atoms with van der Waals surface area (Å²) < 4.78 is 26.3. The number of benzene rings is 2. The van der Waals surface area contributed by atoms with Crippen LogP contribution in [-0.4, -0.2) is 10.9 Å². The molecule has 0 aliphatic carbocycles. The van der Waals surface area contributed by atoms with Gasteiger partial charge in [-0.15, -0.1) is 0 Å². The first-order valence-corrected chi connectivity index (χ1v) is 6.46. The van der Waals surface area contributed by atoms with E-state index in [0.717, 1.165) is 6.07 Å². The molecule has 0 spiro atoms. The lowest BCUT2D eigenvalue weighted by Gasteiger charge is -2.11. The van der Waals surface area contributed by atoms with Crippen molar-refractivity contribution in [3.8, 4) is 0 Å². The summed E-state index contributed by atoms with van der Waals surface area (Å²) >= 11 is 4.83. The average Bonchev–Trinajstić information content (AvgIpc) is 2.40. The van der Waals surface area contributed by atoms with E-state index in [1.54, 1.807) is 6.92 Å². The standard InChI is InChI=1S/C15H12F2N2OS/c1-8-6-9(16)2-4-11(8)15(20)19-13-5-3-10(17)7-12(13)14(18)21/h2-7H,1H3,(H2,18,21)(H,19,20). The Morgan fingerprint density at radius 2 is 1.71 bits per heavy atom. The zero-order chi connectivity index (χ0) is 15.6. The number of hydrogen-bond acceptors (Lipinski definition) is 2. The number of rotatable bonds is 3. The third kappa shape index (κ3) is 3.41.